The molecule has 4 aromatic rings. The molecule has 1 N–H and O–H groups in total. The molecule has 0 saturated heterocycles. The van der Waals surface area contributed by atoms with Gasteiger partial charge in [0.1, 0.15) is 5.75 Å². The number of benzene rings is 3. The largest absolute Gasteiger partial charge is 0.508 e. The third kappa shape index (κ3) is 1.93. The van der Waals surface area contributed by atoms with Crippen LogP contribution in [0.2, 0.25) is 0 Å². The normalized spacial score (nSPS) is 11.3. The van der Waals surface area contributed by atoms with E-state index in [1.165, 1.54) is 0 Å². The van der Waals surface area contributed by atoms with E-state index in [9.17, 15) is 5.11 Å². The summed E-state index contributed by atoms with van der Waals surface area (Å²) in [5.41, 5.74) is 3.34. The number of para-hydroxylation sites is 1. The van der Waals surface area contributed by atoms with Gasteiger partial charge < -0.3 is 9.67 Å². The molecule has 0 aliphatic carbocycles. The van der Waals surface area contributed by atoms with Gasteiger partial charge in [0.25, 0.3) is 0 Å². The number of aromatic nitrogens is 1. The Morgan fingerprint density at radius 2 is 1.43 bits per heavy atom. The van der Waals surface area contributed by atoms with E-state index in [0.717, 1.165) is 32.0 Å². The van der Waals surface area contributed by atoms with E-state index in [2.05, 4.69) is 44.8 Å². The van der Waals surface area contributed by atoms with Crippen molar-refractivity contribution in [2.75, 3.05) is 0 Å². The Labute approximate surface area is 130 Å². The van der Waals surface area contributed by atoms with Gasteiger partial charge in [-0.2, -0.15) is 0 Å². The fraction of sp³-hybridized carbons (Fsp3) is 0. The van der Waals surface area contributed by atoms with Crippen LogP contribution in [0.1, 0.15) is 0 Å². The molecule has 1 heterocycles. The van der Waals surface area contributed by atoms with Crippen molar-refractivity contribution in [3.05, 3.63) is 71.2 Å². The van der Waals surface area contributed by atoms with Crippen LogP contribution in [-0.4, -0.2) is 9.67 Å². The standard InChI is InChI=1S/C18H12BrNO/c19-12-6-8-17-15(10-12)16-11-14(21)7-9-18(16)20(17)13-4-2-1-3-5-13/h1-11,21H. The molecule has 1 aromatic heterocycles. The Kier molecular flexibility index (Phi) is 2.76. The summed E-state index contributed by atoms with van der Waals surface area (Å²) >= 11 is 3.53. The van der Waals surface area contributed by atoms with Gasteiger partial charge in [-0.25, -0.2) is 0 Å². The molecule has 21 heavy (non-hydrogen) atoms. The molecule has 0 radical (unpaired) electrons. The minimum absolute atomic E-state index is 0.287. The van der Waals surface area contributed by atoms with Crippen molar-refractivity contribution in [3.8, 4) is 11.4 Å². The van der Waals surface area contributed by atoms with Gasteiger partial charge in [-0.15, -0.1) is 0 Å². The van der Waals surface area contributed by atoms with Crippen LogP contribution in [0, 0.1) is 0 Å². The van der Waals surface area contributed by atoms with E-state index in [-0.39, 0.29) is 5.75 Å². The van der Waals surface area contributed by atoms with E-state index in [4.69, 9.17) is 0 Å². The van der Waals surface area contributed by atoms with Crippen LogP contribution >= 0.6 is 15.9 Å². The second-order valence-corrected chi connectivity index (χ2v) is 5.95. The lowest BCUT2D eigenvalue weighted by Gasteiger charge is -2.07. The first-order valence-electron chi connectivity index (χ1n) is 6.72. The molecule has 0 aliphatic heterocycles. The van der Waals surface area contributed by atoms with Crippen molar-refractivity contribution in [1.82, 2.24) is 4.57 Å². The van der Waals surface area contributed by atoms with Crippen molar-refractivity contribution < 1.29 is 5.11 Å². The number of phenolic OH excluding ortho intramolecular Hbond substituents is 1. The zero-order valence-electron chi connectivity index (χ0n) is 11.1. The molecule has 0 aliphatic rings. The zero-order valence-corrected chi connectivity index (χ0v) is 12.7. The average Bonchev–Trinajstić information content (AvgIpc) is 2.81. The second-order valence-electron chi connectivity index (χ2n) is 5.03. The number of rotatable bonds is 1. The summed E-state index contributed by atoms with van der Waals surface area (Å²) in [6.45, 7) is 0. The van der Waals surface area contributed by atoms with E-state index < -0.39 is 0 Å². The fourth-order valence-corrected chi connectivity index (χ4v) is 3.20. The maximum Gasteiger partial charge on any atom is 0.116 e. The SMILES string of the molecule is Oc1ccc2c(c1)c1cc(Br)ccc1n2-c1ccccc1. The van der Waals surface area contributed by atoms with E-state index >= 15 is 0 Å². The van der Waals surface area contributed by atoms with Gasteiger partial charge in [0.15, 0.2) is 0 Å². The number of aromatic hydroxyl groups is 1. The van der Waals surface area contributed by atoms with Crippen molar-refractivity contribution in [3.63, 3.8) is 0 Å². The van der Waals surface area contributed by atoms with Crippen LogP contribution in [0.5, 0.6) is 5.75 Å². The van der Waals surface area contributed by atoms with Gasteiger partial charge in [0, 0.05) is 20.9 Å². The molecule has 0 unspecified atom stereocenters. The Bertz CT molecular complexity index is 898. The van der Waals surface area contributed by atoms with Gasteiger partial charge in [-0.3, -0.25) is 0 Å². The third-order valence-electron chi connectivity index (χ3n) is 3.73. The Morgan fingerprint density at radius 3 is 2.19 bits per heavy atom. The Morgan fingerprint density at radius 1 is 0.762 bits per heavy atom. The molecule has 2 nitrogen and oxygen atoms in total. The molecule has 0 amide bonds. The van der Waals surface area contributed by atoms with Gasteiger partial charge in [0.05, 0.1) is 11.0 Å². The number of phenols is 1. The van der Waals surface area contributed by atoms with Crippen LogP contribution in [0.3, 0.4) is 0 Å². The lowest BCUT2D eigenvalue weighted by Crippen LogP contribution is -1.92. The number of hydrogen-bond donors (Lipinski definition) is 1. The average molecular weight is 338 g/mol. The number of halogens is 1. The predicted molar refractivity (Wildman–Crippen MR) is 90.1 cm³/mol. The smallest absolute Gasteiger partial charge is 0.116 e. The fourth-order valence-electron chi connectivity index (χ4n) is 2.84. The molecule has 0 atom stereocenters. The summed E-state index contributed by atoms with van der Waals surface area (Å²) in [5.74, 6) is 0.287. The molecule has 0 fully saturated rings. The first kappa shape index (κ1) is 12.5. The maximum atomic E-state index is 9.82. The highest BCUT2D eigenvalue weighted by atomic mass is 79.9. The van der Waals surface area contributed by atoms with Gasteiger partial charge in [0.2, 0.25) is 0 Å². The van der Waals surface area contributed by atoms with Crippen molar-refractivity contribution >= 4 is 37.7 Å². The Hall–Kier alpha value is -2.26. The quantitative estimate of drug-likeness (QED) is 0.504. The van der Waals surface area contributed by atoms with Crippen LogP contribution in [0.15, 0.2) is 71.2 Å². The lowest BCUT2D eigenvalue weighted by atomic mass is 10.1. The summed E-state index contributed by atoms with van der Waals surface area (Å²) in [6, 6.07) is 22.0. The van der Waals surface area contributed by atoms with Gasteiger partial charge >= 0.3 is 0 Å². The van der Waals surface area contributed by atoms with Crippen molar-refractivity contribution in [1.29, 1.82) is 0 Å². The van der Waals surface area contributed by atoms with Gasteiger partial charge in [-0.05, 0) is 48.5 Å². The van der Waals surface area contributed by atoms with Crippen LogP contribution < -0.4 is 0 Å². The molecular formula is C18H12BrNO. The second kappa shape index (κ2) is 4.64. The number of nitrogens with zero attached hydrogens (tertiary/aromatic N) is 1. The molecule has 0 spiro atoms. The monoisotopic (exact) mass is 337 g/mol. The first-order valence-corrected chi connectivity index (χ1v) is 7.51. The predicted octanol–water partition coefficient (Wildman–Crippen LogP) is 5.25. The number of fused-ring (bicyclic) bond motifs is 3. The minimum atomic E-state index is 0.287. The molecule has 3 heteroatoms. The third-order valence-corrected chi connectivity index (χ3v) is 4.22. The van der Waals surface area contributed by atoms with Crippen LogP contribution in [0.4, 0.5) is 0 Å². The molecule has 0 saturated carbocycles. The summed E-state index contributed by atoms with van der Waals surface area (Å²) in [7, 11) is 0. The highest BCUT2D eigenvalue weighted by molar-refractivity contribution is 9.10. The summed E-state index contributed by atoms with van der Waals surface area (Å²) < 4.78 is 3.25. The first-order chi connectivity index (χ1) is 10.2. The van der Waals surface area contributed by atoms with E-state index in [1.54, 1.807) is 6.07 Å². The molecule has 102 valence electrons. The topological polar surface area (TPSA) is 25.2 Å². The van der Waals surface area contributed by atoms with E-state index in [1.807, 2.05) is 36.4 Å². The lowest BCUT2D eigenvalue weighted by molar-refractivity contribution is 0.476. The minimum Gasteiger partial charge on any atom is -0.508 e. The molecule has 4 rings (SSSR count). The molecule has 0 bridgehead atoms. The molecule has 3 aromatic carbocycles. The summed E-state index contributed by atoms with van der Waals surface area (Å²) in [4.78, 5) is 0. The van der Waals surface area contributed by atoms with Crippen LogP contribution in [0.25, 0.3) is 27.5 Å². The summed E-state index contributed by atoms with van der Waals surface area (Å²) in [5, 5.41) is 12.0. The van der Waals surface area contributed by atoms with Crippen LogP contribution in [-0.2, 0) is 0 Å². The van der Waals surface area contributed by atoms with E-state index in [0.29, 0.717) is 0 Å². The Balaban J connectivity index is 2.22. The van der Waals surface area contributed by atoms with Gasteiger partial charge in [-0.1, -0.05) is 34.1 Å². The van der Waals surface area contributed by atoms with Crippen molar-refractivity contribution in [2.45, 2.75) is 0 Å². The maximum absolute atomic E-state index is 9.82. The zero-order chi connectivity index (χ0) is 14.4. The summed E-state index contributed by atoms with van der Waals surface area (Å²) in [6.07, 6.45) is 0. The van der Waals surface area contributed by atoms with Crippen molar-refractivity contribution in [2.24, 2.45) is 0 Å². The molecular weight excluding hydrogens is 326 g/mol. The highest BCUT2D eigenvalue weighted by Crippen LogP contribution is 2.35. The number of hydrogen-bond acceptors (Lipinski definition) is 1. The highest BCUT2D eigenvalue weighted by Gasteiger charge is 2.12.